The van der Waals surface area contributed by atoms with Crippen LogP contribution in [-0.4, -0.2) is 45.9 Å². The van der Waals surface area contributed by atoms with E-state index in [0.717, 1.165) is 11.3 Å². The van der Waals surface area contributed by atoms with Gasteiger partial charge >= 0.3 is 11.9 Å². The van der Waals surface area contributed by atoms with Crippen LogP contribution in [0.3, 0.4) is 0 Å². The summed E-state index contributed by atoms with van der Waals surface area (Å²) in [7, 11) is 2.51. The van der Waals surface area contributed by atoms with Crippen molar-refractivity contribution in [2.24, 2.45) is 0 Å². The molecule has 0 aliphatic rings. The molecule has 4 aromatic rings. The van der Waals surface area contributed by atoms with Crippen LogP contribution in [0.5, 0.6) is 0 Å². The molecule has 1 N–H and O–H groups in total. The summed E-state index contributed by atoms with van der Waals surface area (Å²) in [4.78, 5) is 32.3. The molecular weight excluding hydrogens is 384 g/mol. The normalized spacial score (nSPS) is 10.6. The minimum absolute atomic E-state index is 0.00296. The van der Waals surface area contributed by atoms with Gasteiger partial charge in [0.05, 0.1) is 38.1 Å². The maximum atomic E-state index is 12.7. The topological polar surface area (TPSA) is 99.1 Å². The van der Waals surface area contributed by atoms with Gasteiger partial charge in [-0.15, -0.1) is 0 Å². The lowest BCUT2D eigenvalue weighted by Gasteiger charge is -2.07. The summed E-state index contributed by atoms with van der Waals surface area (Å²) in [5.74, 6) is -1.36. The number of aromatic amines is 1. The molecule has 8 nitrogen and oxygen atoms in total. The summed E-state index contributed by atoms with van der Waals surface area (Å²) in [5, 5.41) is 4.58. The van der Waals surface area contributed by atoms with E-state index in [9.17, 15) is 9.59 Å². The Bertz CT molecular complexity index is 1180. The highest BCUT2D eigenvalue weighted by atomic mass is 16.5. The monoisotopic (exact) mass is 402 g/mol. The van der Waals surface area contributed by atoms with Crippen LogP contribution >= 0.6 is 0 Å². The van der Waals surface area contributed by atoms with Gasteiger partial charge in [0.1, 0.15) is 11.3 Å². The zero-order valence-corrected chi connectivity index (χ0v) is 16.3. The summed E-state index contributed by atoms with van der Waals surface area (Å²) in [6.07, 6.45) is 3.32. The number of methoxy groups -OCH3 is 2. The van der Waals surface area contributed by atoms with Crippen molar-refractivity contribution in [2.75, 3.05) is 14.2 Å². The van der Waals surface area contributed by atoms with Crippen molar-refractivity contribution in [3.63, 3.8) is 0 Å². The van der Waals surface area contributed by atoms with Gasteiger partial charge < -0.3 is 14.5 Å². The number of rotatable bonds is 5. The van der Waals surface area contributed by atoms with Crippen LogP contribution in [0.15, 0.2) is 67.1 Å². The summed E-state index contributed by atoms with van der Waals surface area (Å²) < 4.78 is 11.3. The first-order chi connectivity index (χ1) is 14.6. The number of esters is 2. The van der Waals surface area contributed by atoms with E-state index in [1.54, 1.807) is 24.7 Å². The van der Waals surface area contributed by atoms with Crippen molar-refractivity contribution in [1.82, 2.24) is 19.7 Å². The van der Waals surface area contributed by atoms with Gasteiger partial charge in [0.25, 0.3) is 0 Å². The summed E-state index contributed by atoms with van der Waals surface area (Å²) in [6, 6.07) is 16.4. The predicted molar refractivity (Wildman–Crippen MR) is 109 cm³/mol. The molecule has 0 saturated carbocycles. The van der Waals surface area contributed by atoms with E-state index in [0.29, 0.717) is 16.9 Å². The largest absolute Gasteiger partial charge is 0.465 e. The molecular formula is C22H18N4O4. The molecule has 0 atom stereocenters. The number of carbonyl (C=O) groups is 2. The third-order valence-electron chi connectivity index (χ3n) is 4.62. The number of hydrogen-bond acceptors (Lipinski definition) is 6. The van der Waals surface area contributed by atoms with E-state index < -0.39 is 11.9 Å². The van der Waals surface area contributed by atoms with E-state index in [4.69, 9.17) is 9.47 Å². The maximum absolute atomic E-state index is 12.7. The Balaban J connectivity index is 1.92. The van der Waals surface area contributed by atoms with Crippen LogP contribution in [0, 0.1) is 0 Å². The molecule has 2 aromatic heterocycles. The number of benzene rings is 2. The minimum atomic E-state index is -0.688. The van der Waals surface area contributed by atoms with E-state index in [-0.39, 0.29) is 11.3 Å². The van der Waals surface area contributed by atoms with Gasteiger partial charge in [-0.3, -0.25) is 0 Å². The molecule has 0 radical (unpaired) electrons. The number of para-hydroxylation sites is 1. The lowest BCUT2D eigenvalue weighted by atomic mass is 10.0. The number of imidazole rings is 1. The Morgan fingerprint density at radius 3 is 2.17 bits per heavy atom. The van der Waals surface area contributed by atoms with Crippen molar-refractivity contribution in [2.45, 2.75) is 0 Å². The van der Waals surface area contributed by atoms with Crippen LogP contribution in [0.4, 0.5) is 0 Å². The van der Waals surface area contributed by atoms with Crippen LogP contribution in [0.25, 0.3) is 28.2 Å². The van der Waals surface area contributed by atoms with Crippen molar-refractivity contribution >= 4 is 11.9 Å². The molecule has 0 fully saturated rings. The molecule has 0 unspecified atom stereocenters. The van der Waals surface area contributed by atoms with Gasteiger partial charge in [-0.25, -0.2) is 19.3 Å². The second-order valence-corrected chi connectivity index (χ2v) is 6.35. The number of aromatic nitrogens is 4. The van der Waals surface area contributed by atoms with Crippen LogP contribution in [-0.2, 0) is 9.47 Å². The minimum Gasteiger partial charge on any atom is -0.465 e. The maximum Gasteiger partial charge on any atom is 0.357 e. The average molecular weight is 402 g/mol. The van der Waals surface area contributed by atoms with E-state index in [2.05, 4.69) is 15.1 Å². The zero-order valence-electron chi connectivity index (χ0n) is 16.3. The molecule has 0 saturated heterocycles. The first kappa shape index (κ1) is 19.1. The van der Waals surface area contributed by atoms with E-state index in [1.807, 2.05) is 42.5 Å². The van der Waals surface area contributed by atoms with Gasteiger partial charge in [0.15, 0.2) is 5.69 Å². The second-order valence-electron chi connectivity index (χ2n) is 6.35. The van der Waals surface area contributed by atoms with Crippen molar-refractivity contribution in [3.05, 3.63) is 78.4 Å². The molecule has 0 aliphatic carbocycles. The molecule has 2 aromatic carbocycles. The van der Waals surface area contributed by atoms with E-state index in [1.165, 1.54) is 18.9 Å². The van der Waals surface area contributed by atoms with Gasteiger partial charge in [-0.1, -0.05) is 42.5 Å². The summed E-state index contributed by atoms with van der Waals surface area (Å²) in [5.41, 5.74) is 3.42. The number of carbonyl (C=O) groups excluding carboxylic acids is 2. The first-order valence-electron chi connectivity index (χ1n) is 9.08. The second kappa shape index (κ2) is 8.04. The quantitative estimate of drug-likeness (QED) is 0.513. The number of nitrogens with one attached hydrogen (secondary N) is 1. The van der Waals surface area contributed by atoms with Crippen LogP contribution in [0.2, 0.25) is 0 Å². The third-order valence-corrected chi connectivity index (χ3v) is 4.62. The highest BCUT2D eigenvalue weighted by molar-refractivity contribution is 6.06. The van der Waals surface area contributed by atoms with Crippen molar-refractivity contribution in [3.8, 4) is 28.2 Å². The lowest BCUT2D eigenvalue weighted by Crippen LogP contribution is -2.15. The Morgan fingerprint density at radius 2 is 1.57 bits per heavy atom. The molecule has 150 valence electrons. The summed E-state index contributed by atoms with van der Waals surface area (Å²) in [6.45, 7) is 0. The number of H-pyrrole nitrogens is 1. The molecule has 30 heavy (non-hydrogen) atoms. The molecule has 0 amide bonds. The Morgan fingerprint density at radius 1 is 0.900 bits per heavy atom. The highest BCUT2D eigenvalue weighted by Crippen LogP contribution is 2.30. The molecule has 0 bridgehead atoms. The fourth-order valence-corrected chi connectivity index (χ4v) is 3.18. The Labute approximate surface area is 172 Å². The molecule has 0 aliphatic heterocycles. The van der Waals surface area contributed by atoms with E-state index >= 15 is 0 Å². The molecule has 2 heterocycles. The van der Waals surface area contributed by atoms with Crippen LogP contribution in [0.1, 0.15) is 20.8 Å². The molecule has 4 rings (SSSR count). The van der Waals surface area contributed by atoms with Gasteiger partial charge in [0.2, 0.25) is 0 Å². The van der Waals surface area contributed by atoms with Gasteiger partial charge in [-0.2, -0.15) is 5.10 Å². The lowest BCUT2D eigenvalue weighted by molar-refractivity contribution is 0.0549. The first-order valence-corrected chi connectivity index (χ1v) is 9.08. The molecule has 0 spiro atoms. The predicted octanol–water partition coefficient (Wildman–Crippen LogP) is 3.50. The molecule has 8 heteroatoms. The standard InChI is InChI=1S/C22H18N4O4/c1-29-21(27)18-19(15-10-8-14(9-11-15)17-12-23-13-24-17)25-26(20(18)22(28)30-2)16-6-4-3-5-7-16/h3-13H,1-2H3,(H,23,24). The number of ether oxygens (including phenoxy) is 2. The highest BCUT2D eigenvalue weighted by Gasteiger charge is 2.31. The number of hydrogen-bond donors (Lipinski definition) is 1. The Kier molecular flexibility index (Phi) is 5.13. The fraction of sp³-hybridized carbons (Fsp3) is 0.0909. The SMILES string of the molecule is COC(=O)c1c(-c2ccc(-c3cnc[nH]3)cc2)nn(-c2ccccc2)c1C(=O)OC. The number of nitrogens with zero attached hydrogens (tertiary/aromatic N) is 3. The van der Waals surface area contributed by atoms with Crippen molar-refractivity contribution in [1.29, 1.82) is 0 Å². The zero-order chi connectivity index (χ0) is 21.1. The van der Waals surface area contributed by atoms with Crippen molar-refractivity contribution < 1.29 is 19.1 Å². The van der Waals surface area contributed by atoms with Gasteiger partial charge in [-0.05, 0) is 17.7 Å². The smallest absolute Gasteiger partial charge is 0.357 e. The summed E-state index contributed by atoms with van der Waals surface area (Å²) >= 11 is 0. The average Bonchev–Trinajstić information content (AvgIpc) is 3.47. The Hall–Kier alpha value is -4.20. The van der Waals surface area contributed by atoms with Crippen LogP contribution < -0.4 is 0 Å². The fourth-order valence-electron chi connectivity index (χ4n) is 3.18. The van der Waals surface area contributed by atoms with Gasteiger partial charge in [0, 0.05) is 5.56 Å². The third kappa shape index (κ3) is 3.35.